The maximum absolute atomic E-state index is 4.58. The highest BCUT2D eigenvalue weighted by Crippen LogP contribution is 2.09. The molecule has 0 fully saturated rings. The average Bonchev–Trinajstić information content (AvgIpc) is 2.49. The van der Waals surface area contributed by atoms with Gasteiger partial charge in [-0.25, -0.2) is 0 Å². The molecule has 112 valence electrons. The van der Waals surface area contributed by atoms with Gasteiger partial charge in [-0.05, 0) is 31.8 Å². The number of anilines is 1. The molecule has 2 rings (SSSR count). The quantitative estimate of drug-likeness (QED) is 0.648. The predicted molar refractivity (Wildman–Crippen MR) is 93.5 cm³/mol. The fourth-order valence-corrected chi connectivity index (χ4v) is 1.87. The molecule has 3 nitrogen and oxygen atoms in total. The van der Waals surface area contributed by atoms with Crippen LogP contribution in [0.3, 0.4) is 0 Å². The van der Waals surface area contributed by atoms with Gasteiger partial charge < -0.3 is 4.90 Å². The number of hydrogen-bond donors (Lipinski definition) is 1. The zero-order valence-electron chi connectivity index (χ0n) is 12.5. The Morgan fingerprint density at radius 2 is 1.52 bits per heavy atom. The second-order valence-corrected chi connectivity index (χ2v) is 4.96. The van der Waals surface area contributed by atoms with Crippen LogP contribution in [0.15, 0.2) is 65.8 Å². The van der Waals surface area contributed by atoms with Crippen LogP contribution in [0.1, 0.15) is 12.0 Å². The Balaban J connectivity index is 0.00000220. The van der Waals surface area contributed by atoms with Crippen LogP contribution in [0.25, 0.3) is 0 Å². The Bertz CT molecular complexity index is 538. The molecule has 0 aliphatic heterocycles. The number of benzene rings is 2. The van der Waals surface area contributed by atoms with Gasteiger partial charge in [0.25, 0.3) is 0 Å². The Labute approximate surface area is 133 Å². The number of para-hydroxylation sites is 1. The highest BCUT2D eigenvalue weighted by molar-refractivity contribution is 6.01. The van der Waals surface area contributed by atoms with Gasteiger partial charge in [-0.1, -0.05) is 48.5 Å². The SMILES string of the molecule is CN(C)CC/C(=N\Nc1ccccc1)c1ccccc1.Cl. The Kier molecular flexibility index (Phi) is 7.51. The molecule has 0 bridgehead atoms. The smallest absolute Gasteiger partial charge is 0.0692 e. The third-order valence-corrected chi connectivity index (χ3v) is 3.00. The molecular weight excluding hydrogens is 282 g/mol. The average molecular weight is 304 g/mol. The lowest BCUT2D eigenvalue weighted by Crippen LogP contribution is -2.18. The fourth-order valence-electron chi connectivity index (χ4n) is 1.87. The monoisotopic (exact) mass is 303 g/mol. The number of hydrazone groups is 1. The third kappa shape index (κ3) is 5.98. The van der Waals surface area contributed by atoms with E-state index in [1.807, 2.05) is 48.5 Å². The first-order chi connectivity index (χ1) is 9.75. The standard InChI is InChI=1S/C17H21N3.ClH/c1-20(2)14-13-17(15-9-5-3-6-10-15)19-18-16-11-7-4-8-12-16;/h3-12,18H,13-14H2,1-2H3;1H/b19-17+;. The molecule has 0 saturated carbocycles. The number of hydrogen-bond acceptors (Lipinski definition) is 3. The van der Waals surface area contributed by atoms with Crippen LogP contribution in [0.5, 0.6) is 0 Å². The van der Waals surface area contributed by atoms with Gasteiger partial charge in [-0.3, -0.25) is 5.43 Å². The molecule has 0 atom stereocenters. The molecule has 1 N–H and O–H groups in total. The van der Waals surface area contributed by atoms with Gasteiger partial charge in [-0.15, -0.1) is 12.4 Å². The van der Waals surface area contributed by atoms with Crippen LogP contribution in [-0.2, 0) is 0 Å². The lowest BCUT2D eigenvalue weighted by molar-refractivity contribution is 0.422. The first-order valence-electron chi connectivity index (χ1n) is 6.83. The molecule has 0 radical (unpaired) electrons. The normalized spacial score (nSPS) is 11.1. The van der Waals surface area contributed by atoms with E-state index in [0.717, 1.165) is 29.9 Å². The number of nitrogens with one attached hydrogen (secondary N) is 1. The summed E-state index contributed by atoms with van der Waals surface area (Å²) in [6, 6.07) is 20.3. The zero-order chi connectivity index (χ0) is 14.2. The number of halogens is 1. The summed E-state index contributed by atoms with van der Waals surface area (Å²) < 4.78 is 0. The molecule has 0 amide bonds. The van der Waals surface area contributed by atoms with Gasteiger partial charge in [0, 0.05) is 13.0 Å². The minimum atomic E-state index is 0. The summed E-state index contributed by atoms with van der Waals surface area (Å²) in [5.41, 5.74) is 6.38. The Hall–Kier alpha value is -1.84. The van der Waals surface area contributed by atoms with Crippen molar-refractivity contribution in [3.63, 3.8) is 0 Å². The van der Waals surface area contributed by atoms with Crippen molar-refractivity contribution >= 4 is 23.8 Å². The molecule has 4 heteroatoms. The van der Waals surface area contributed by atoms with E-state index in [1.165, 1.54) is 0 Å². The van der Waals surface area contributed by atoms with Gasteiger partial charge in [0.1, 0.15) is 0 Å². The van der Waals surface area contributed by atoms with E-state index in [4.69, 9.17) is 0 Å². The molecule has 0 spiro atoms. The summed E-state index contributed by atoms with van der Waals surface area (Å²) in [6.45, 7) is 0.976. The van der Waals surface area contributed by atoms with Gasteiger partial charge in [0.15, 0.2) is 0 Å². The molecule has 2 aromatic rings. The van der Waals surface area contributed by atoms with Gasteiger partial charge in [0.2, 0.25) is 0 Å². The second-order valence-electron chi connectivity index (χ2n) is 4.96. The van der Waals surface area contributed by atoms with E-state index in [0.29, 0.717) is 0 Å². The van der Waals surface area contributed by atoms with Crippen molar-refractivity contribution in [3.05, 3.63) is 66.2 Å². The molecule has 0 heterocycles. The highest BCUT2D eigenvalue weighted by atomic mass is 35.5. The maximum Gasteiger partial charge on any atom is 0.0692 e. The molecule has 0 saturated heterocycles. The van der Waals surface area contributed by atoms with Crippen molar-refractivity contribution in [2.24, 2.45) is 5.10 Å². The topological polar surface area (TPSA) is 27.6 Å². The first-order valence-corrected chi connectivity index (χ1v) is 6.83. The predicted octanol–water partition coefficient (Wildman–Crippen LogP) is 3.88. The minimum Gasteiger partial charge on any atom is -0.309 e. The molecule has 0 aliphatic carbocycles. The molecule has 21 heavy (non-hydrogen) atoms. The van der Waals surface area contributed by atoms with E-state index < -0.39 is 0 Å². The largest absolute Gasteiger partial charge is 0.309 e. The van der Waals surface area contributed by atoms with Crippen molar-refractivity contribution in [1.29, 1.82) is 0 Å². The minimum absolute atomic E-state index is 0. The van der Waals surface area contributed by atoms with Crippen LogP contribution >= 0.6 is 12.4 Å². The summed E-state index contributed by atoms with van der Waals surface area (Å²) >= 11 is 0. The van der Waals surface area contributed by atoms with Gasteiger partial charge in [-0.2, -0.15) is 5.10 Å². The summed E-state index contributed by atoms with van der Waals surface area (Å²) in [5, 5.41) is 4.58. The summed E-state index contributed by atoms with van der Waals surface area (Å²) in [5.74, 6) is 0. The first kappa shape index (κ1) is 17.2. The van der Waals surface area contributed by atoms with Crippen LogP contribution in [0, 0.1) is 0 Å². The lowest BCUT2D eigenvalue weighted by Gasteiger charge is -2.12. The maximum atomic E-state index is 4.58. The van der Waals surface area contributed by atoms with Crippen LogP contribution in [0.4, 0.5) is 5.69 Å². The highest BCUT2D eigenvalue weighted by Gasteiger charge is 2.04. The third-order valence-electron chi connectivity index (χ3n) is 3.00. The van der Waals surface area contributed by atoms with Gasteiger partial charge in [0.05, 0.1) is 11.4 Å². The van der Waals surface area contributed by atoms with Crippen molar-refractivity contribution in [2.45, 2.75) is 6.42 Å². The Morgan fingerprint density at radius 3 is 2.10 bits per heavy atom. The summed E-state index contributed by atoms with van der Waals surface area (Å²) in [7, 11) is 4.15. The van der Waals surface area contributed by atoms with Crippen LogP contribution in [0.2, 0.25) is 0 Å². The summed E-state index contributed by atoms with van der Waals surface area (Å²) in [6.07, 6.45) is 0.914. The molecule has 2 aromatic carbocycles. The number of rotatable bonds is 6. The van der Waals surface area contributed by atoms with Crippen molar-refractivity contribution in [1.82, 2.24) is 4.90 Å². The van der Waals surface area contributed by atoms with Gasteiger partial charge >= 0.3 is 0 Å². The van der Waals surface area contributed by atoms with E-state index in [9.17, 15) is 0 Å². The Morgan fingerprint density at radius 1 is 0.952 bits per heavy atom. The van der Waals surface area contributed by atoms with Crippen molar-refractivity contribution in [3.8, 4) is 0 Å². The zero-order valence-corrected chi connectivity index (χ0v) is 13.3. The van der Waals surface area contributed by atoms with Crippen LogP contribution < -0.4 is 5.43 Å². The molecular formula is C17H22ClN3. The van der Waals surface area contributed by atoms with Crippen molar-refractivity contribution in [2.75, 3.05) is 26.1 Å². The molecule has 0 aromatic heterocycles. The van der Waals surface area contributed by atoms with E-state index in [-0.39, 0.29) is 12.4 Å². The van der Waals surface area contributed by atoms with Crippen molar-refractivity contribution < 1.29 is 0 Å². The van der Waals surface area contributed by atoms with E-state index in [2.05, 4.69) is 41.7 Å². The van der Waals surface area contributed by atoms with E-state index in [1.54, 1.807) is 0 Å². The fraction of sp³-hybridized carbons (Fsp3) is 0.235. The number of nitrogens with zero attached hydrogens (tertiary/aromatic N) is 2. The molecule has 0 unspecified atom stereocenters. The second kappa shape index (κ2) is 9.16. The molecule has 0 aliphatic rings. The van der Waals surface area contributed by atoms with E-state index >= 15 is 0 Å². The lowest BCUT2D eigenvalue weighted by atomic mass is 10.1. The van der Waals surface area contributed by atoms with Crippen LogP contribution in [-0.4, -0.2) is 31.3 Å². The summed E-state index contributed by atoms with van der Waals surface area (Å²) in [4.78, 5) is 2.17.